The van der Waals surface area contributed by atoms with Crippen molar-refractivity contribution in [2.45, 2.75) is 13.8 Å². The molecule has 6 heteroatoms. The minimum Gasteiger partial charge on any atom is -0.311 e. The SMILES string of the molecule is CNCC(=O)Nc1nc(-c2ccc(C)c(C)c2)cs1.Cl. The molecule has 0 spiro atoms. The summed E-state index contributed by atoms with van der Waals surface area (Å²) >= 11 is 1.44. The smallest absolute Gasteiger partial charge is 0.240 e. The molecule has 0 atom stereocenters. The summed E-state index contributed by atoms with van der Waals surface area (Å²) in [5.41, 5.74) is 4.48. The average molecular weight is 312 g/mol. The van der Waals surface area contributed by atoms with E-state index < -0.39 is 0 Å². The van der Waals surface area contributed by atoms with E-state index in [1.165, 1.54) is 22.5 Å². The van der Waals surface area contributed by atoms with Crippen molar-refractivity contribution in [1.82, 2.24) is 10.3 Å². The molecule has 0 fully saturated rings. The summed E-state index contributed by atoms with van der Waals surface area (Å²) < 4.78 is 0. The van der Waals surface area contributed by atoms with E-state index in [4.69, 9.17) is 0 Å². The number of anilines is 1. The van der Waals surface area contributed by atoms with Crippen LogP contribution < -0.4 is 10.6 Å². The maximum absolute atomic E-state index is 11.5. The number of likely N-dealkylation sites (N-methyl/N-ethyl adjacent to an activating group) is 1. The molecule has 0 saturated heterocycles. The molecule has 4 nitrogen and oxygen atoms in total. The molecule has 0 bridgehead atoms. The highest BCUT2D eigenvalue weighted by atomic mass is 35.5. The van der Waals surface area contributed by atoms with Crippen LogP contribution in [0.5, 0.6) is 0 Å². The second-order valence-electron chi connectivity index (χ2n) is 4.42. The predicted molar refractivity (Wildman–Crippen MR) is 86.8 cm³/mol. The Morgan fingerprint density at radius 2 is 2.05 bits per heavy atom. The largest absolute Gasteiger partial charge is 0.311 e. The summed E-state index contributed by atoms with van der Waals surface area (Å²) in [4.78, 5) is 15.9. The second-order valence-corrected chi connectivity index (χ2v) is 5.27. The number of thiazole rings is 1. The van der Waals surface area contributed by atoms with Gasteiger partial charge in [-0.15, -0.1) is 23.7 Å². The Bertz CT molecular complexity index is 598. The summed E-state index contributed by atoms with van der Waals surface area (Å²) in [6.45, 7) is 4.46. The van der Waals surface area contributed by atoms with Crippen LogP contribution in [0.4, 0.5) is 5.13 Å². The first kappa shape index (κ1) is 16.6. The summed E-state index contributed by atoms with van der Waals surface area (Å²) in [5.74, 6) is -0.0801. The van der Waals surface area contributed by atoms with E-state index in [1.807, 2.05) is 5.38 Å². The highest BCUT2D eigenvalue weighted by Gasteiger charge is 2.08. The van der Waals surface area contributed by atoms with Gasteiger partial charge in [-0.2, -0.15) is 0 Å². The molecule has 1 aromatic carbocycles. The Morgan fingerprint density at radius 3 is 2.70 bits per heavy atom. The van der Waals surface area contributed by atoms with Gasteiger partial charge in [0.1, 0.15) is 0 Å². The quantitative estimate of drug-likeness (QED) is 0.912. The number of hydrogen-bond donors (Lipinski definition) is 2. The fourth-order valence-electron chi connectivity index (χ4n) is 1.69. The maximum atomic E-state index is 11.5. The molecular formula is C14H18ClN3OS. The molecule has 0 aliphatic heterocycles. The van der Waals surface area contributed by atoms with E-state index >= 15 is 0 Å². The first-order chi connectivity index (χ1) is 9.10. The Kier molecular flexibility index (Phi) is 6.13. The average Bonchev–Trinajstić information content (AvgIpc) is 2.81. The molecule has 1 heterocycles. The molecule has 2 aromatic rings. The van der Waals surface area contributed by atoms with Crippen molar-refractivity contribution in [1.29, 1.82) is 0 Å². The van der Waals surface area contributed by atoms with Crippen LogP contribution >= 0.6 is 23.7 Å². The normalized spacial score (nSPS) is 9.95. The molecule has 0 saturated carbocycles. The fraction of sp³-hybridized carbons (Fsp3) is 0.286. The lowest BCUT2D eigenvalue weighted by Gasteiger charge is -2.02. The number of halogens is 1. The van der Waals surface area contributed by atoms with E-state index in [0.717, 1.165) is 11.3 Å². The maximum Gasteiger partial charge on any atom is 0.240 e. The lowest BCUT2D eigenvalue weighted by Crippen LogP contribution is -2.24. The monoisotopic (exact) mass is 311 g/mol. The molecule has 0 aliphatic carbocycles. The van der Waals surface area contributed by atoms with Gasteiger partial charge >= 0.3 is 0 Å². The van der Waals surface area contributed by atoms with Crippen LogP contribution in [0.1, 0.15) is 11.1 Å². The van der Waals surface area contributed by atoms with Crippen molar-refractivity contribution in [3.05, 3.63) is 34.7 Å². The molecule has 108 valence electrons. The number of rotatable bonds is 4. The van der Waals surface area contributed by atoms with Crippen molar-refractivity contribution in [3.63, 3.8) is 0 Å². The Labute approximate surface area is 129 Å². The van der Waals surface area contributed by atoms with E-state index in [0.29, 0.717) is 11.7 Å². The van der Waals surface area contributed by atoms with Crippen molar-refractivity contribution in [3.8, 4) is 11.3 Å². The minimum absolute atomic E-state index is 0. The molecular weight excluding hydrogens is 294 g/mol. The third-order valence-electron chi connectivity index (χ3n) is 2.89. The zero-order chi connectivity index (χ0) is 13.8. The summed E-state index contributed by atoms with van der Waals surface area (Å²) in [5, 5.41) is 8.16. The van der Waals surface area contributed by atoms with E-state index in [2.05, 4.69) is 47.7 Å². The van der Waals surface area contributed by atoms with Gasteiger partial charge in [-0.25, -0.2) is 4.98 Å². The number of nitrogens with zero attached hydrogens (tertiary/aromatic N) is 1. The van der Waals surface area contributed by atoms with E-state index in [-0.39, 0.29) is 18.3 Å². The van der Waals surface area contributed by atoms with Gasteiger partial charge in [0.05, 0.1) is 12.2 Å². The first-order valence-corrected chi connectivity index (χ1v) is 6.95. The Morgan fingerprint density at radius 1 is 1.30 bits per heavy atom. The Hall–Kier alpha value is -1.43. The highest BCUT2D eigenvalue weighted by Crippen LogP contribution is 2.26. The zero-order valence-corrected chi connectivity index (χ0v) is 13.3. The van der Waals surface area contributed by atoms with E-state index in [1.54, 1.807) is 7.05 Å². The molecule has 0 aliphatic rings. The molecule has 1 aromatic heterocycles. The molecule has 20 heavy (non-hydrogen) atoms. The number of benzene rings is 1. The number of carbonyl (C=O) groups excluding carboxylic acids is 1. The van der Waals surface area contributed by atoms with Crippen molar-refractivity contribution < 1.29 is 4.79 Å². The molecule has 0 unspecified atom stereocenters. The van der Waals surface area contributed by atoms with Gasteiger partial charge in [0.15, 0.2) is 5.13 Å². The molecule has 1 amide bonds. The van der Waals surface area contributed by atoms with Gasteiger partial charge in [-0.3, -0.25) is 4.79 Å². The predicted octanol–water partition coefficient (Wildman–Crippen LogP) is 3.01. The number of amides is 1. The number of aromatic nitrogens is 1. The van der Waals surface area contributed by atoms with Crippen LogP contribution in [0, 0.1) is 13.8 Å². The lowest BCUT2D eigenvalue weighted by atomic mass is 10.1. The van der Waals surface area contributed by atoms with Gasteiger partial charge in [0, 0.05) is 10.9 Å². The van der Waals surface area contributed by atoms with Crippen LogP contribution in [0.2, 0.25) is 0 Å². The van der Waals surface area contributed by atoms with Gasteiger partial charge in [-0.05, 0) is 38.1 Å². The molecule has 2 N–H and O–H groups in total. The molecule has 0 radical (unpaired) electrons. The van der Waals surface area contributed by atoms with Crippen LogP contribution in [0.15, 0.2) is 23.6 Å². The summed E-state index contributed by atoms with van der Waals surface area (Å²) in [6, 6.07) is 6.25. The summed E-state index contributed by atoms with van der Waals surface area (Å²) in [6.07, 6.45) is 0. The topological polar surface area (TPSA) is 54.0 Å². The Balaban J connectivity index is 0.00000200. The minimum atomic E-state index is -0.0801. The fourth-order valence-corrected chi connectivity index (χ4v) is 2.42. The number of aryl methyl sites for hydroxylation is 2. The second kappa shape index (κ2) is 7.38. The van der Waals surface area contributed by atoms with Crippen molar-refractivity contribution in [2.24, 2.45) is 0 Å². The van der Waals surface area contributed by atoms with Crippen LogP contribution in [-0.2, 0) is 4.79 Å². The van der Waals surface area contributed by atoms with Gasteiger partial charge in [0.2, 0.25) is 5.91 Å². The zero-order valence-electron chi connectivity index (χ0n) is 11.7. The van der Waals surface area contributed by atoms with Crippen LogP contribution in [0.25, 0.3) is 11.3 Å². The number of nitrogens with one attached hydrogen (secondary N) is 2. The third-order valence-corrected chi connectivity index (χ3v) is 3.65. The third kappa shape index (κ3) is 4.03. The lowest BCUT2D eigenvalue weighted by molar-refractivity contribution is -0.115. The van der Waals surface area contributed by atoms with Gasteiger partial charge < -0.3 is 10.6 Å². The standard InChI is InChI=1S/C14H17N3OS.ClH/c1-9-4-5-11(6-10(9)2)12-8-19-14(16-12)17-13(18)7-15-3;/h4-6,8,15H,7H2,1-3H3,(H,16,17,18);1H. The number of carbonyl (C=O) groups is 1. The highest BCUT2D eigenvalue weighted by molar-refractivity contribution is 7.14. The van der Waals surface area contributed by atoms with E-state index in [9.17, 15) is 4.79 Å². The summed E-state index contributed by atoms with van der Waals surface area (Å²) in [7, 11) is 1.74. The van der Waals surface area contributed by atoms with Gasteiger partial charge in [-0.1, -0.05) is 12.1 Å². The first-order valence-electron chi connectivity index (χ1n) is 6.07. The molecule has 2 rings (SSSR count). The van der Waals surface area contributed by atoms with Crippen molar-refractivity contribution in [2.75, 3.05) is 18.9 Å². The van der Waals surface area contributed by atoms with Crippen LogP contribution in [-0.4, -0.2) is 24.5 Å². The van der Waals surface area contributed by atoms with Crippen LogP contribution in [0.3, 0.4) is 0 Å². The van der Waals surface area contributed by atoms with Gasteiger partial charge in [0.25, 0.3) is 0 Å². The van der Waals surface area contributed by atoms with Crippen molar-refractivity contribution >= 4 is 34.8 Å². The number of hydrogen-bond acceptors (Lipinski definition) is 4.